The highest BCUT2D eigenvalue weighted by Gasteiger charge is 2.24. The number of anilines is 1. The highest BCUT2D eigenvalue weighted by molar-refractivity contribution is 7.91. The molecule has 4 nitrogen and oxygen atoms in total. The molecular weight excluding hydrogens is 308 g/mol. The maximum Gasteiger partial charge on any atom is 0.178 e. The van der Waals surface area contributed by atoms with Gasteiger partial charge in [-0.2, -0.15) is 0 Å². The quantitative estimate of drug-likeness (QED) is 0.848. The highest BCUT2D eigenvalue weighted by atomic mass is 32.2. The first-order valence-electron chi connectivity index (χ1n) is 8.92. The van der Waals surface area contributed by atoms with Crippen LogP contribution >= 0.6 is 0 Å². The van der Waals surface area contributed by atoms with Gasteiger partial charge in [-0.3, -0.25) is 4.90 Å². The summed E-state index contributed by atoms with van der Waals surface area (Å²) in [6.07, 6.45) is 6.69. The summed E-state index contributed by atoms with van der Waals surface area (Å²) in [6.45, 7) is 6.11. The van der Waals surface area contributed by atoms with Gasteiger partial charge in [-0.1, -0.05) is 19.8 Å². The fourth-order valence-corrected chi connectivity index (χ4v) is 4.75. The fraction of sp³-hybridized carbons (Fsp3) is 0.667. The van der Waals surface area contributed by atoms with Crippen LogP contribution in [0.3, 0.4) is 0 Å². The van der Waals surface area contributed by atoms with Crippen LogP contribution in [-0.4, -0.2) is 51.3 Å². The molecule has 0 unspecified atom stereocenters. The smallest absolute Gasteiger partial charge is 0.178 e. The van der Waals surface area contributed by atoms with E-state index in [1.165, 1.54) is 38.6 Å². The monoisotopic (exact) mass is 336 g/mol. The van der Waals surface area contributed by atoms with Gasteiger partial charge in [0.15, 0.2) is 9.84 Å². The Labute approximate surface area is 140 Å². The fourth-order valence-electron chi connectivity index (χ4n) is 3.86. The number of sulfone groups is 1. The zero-order chi connectivity index (χ0) is 16.3. The molecule has 2 fully saturated rings. The summed E-state index contributed by atoms with van der Waals surface area (Å²) in [5, 5.41) is 0. The molecule has 5 heteroatoms. The molecule has 1 saturated carbocycles. The third-order valence-electron chi connectivity index (χ3n) is 5.31. The van der Waals surface area contributed by atoms with Crippen LogP contribution in [0.15, 0.2) is 29.2 Å². The van der Waals surface area contributed by atoms with Gasteiger partial charge in [0, 0.05) is 37.9 Å². The standard InChI is InChI=1S/C18H28N2O2S/c1-2-23(21,22)18-10-8-17(9-11-18)20-13-5-12-19(14-15-20)16-6-3-4-7-16/h8-11,16H,2-7,12-15H2,1H3. The van der Waals surface area contributed by atoms with Crippen molar-refractivity contribution in [3.8, 4) is 0 Å². The number of nitrogens with zero attached hydrogens (tertiary/aromatic N) is 2. The Kier molecular flexibility index (Phi) is 5.27. The summed E-state index contributed by atoms with van der Waals surface area (Å²) in [7, 11) is -3.10. The number of hydrogen-bond acceptors (Lipinski definition) is 4. The summed E-state index contributed by atoms with van der Waals surface area (Å²) < 4.78 is 23.8. The van der Waals surface area contributed by atoms with E-state index in [1.807, 2.05) is 12.1 Å². The molecule has 2 aliphatic rings. The van der Waals surface area contributed by atoms with E-state index in [4.69, 9.17) is 0 Å². The molecule has 1 aliphatic carbocycles. The third-order valence-corrected chi connectivity index (χ3v) is 7.06. The van der Waals surface area contributed by atoms with Crippen LogP contribution < -0.4 is 4.90 Å². The van der Waals surface area contributed by atoms with Crippen LogP contribution in [0.5, 0.6) is 0 Å². The molecule has 1 aliphatic heterocycles. The molecule has 1 aromatic rings. The van der Waals surface area contributed by atoms with Gasteiger partial charge in [-0.15, -0.1) is 0 Å². The second kappa shape index (κ2) is 7.22. The molecule has 0 aromatic heterocycles. The van der Waals surface area contributed by atoms with Gasteiger partial charge >= 0.3 is 0 Å². The van der Waals surface area contributed by atoms with Crippen LogP contribution in [0.4, 0.5) is 5.69 Å². The SMILES string of the molecule is CCS(=O)(=O)c1ccc(N2CCCN(C3CCCC3)CC2)cc1. The lowest BCUT2D eigenvalue weighted by molar-refractivity contribution is 0.213. The Hall–Kier alpha value is -1.07. The second-order valence-corrected chi connectivity index (χ2v) is 8.99. The van der Waals surface area contributed by atoms with Crippen molar-refractivity contribution in [2.45, 2.75) is 50.0 Å². The van der Waals surface area contributed by atoms with E-state index >= 15 is 0 Å². The van der Waals surface area contributed by atoms with Crippen LogP contribution in [0, 0.1) is 0 Å². The molecular formula is C18H28N2O2S. The lowest BCUT2D eigenvalue weighted by Crippen LogP contribution is -2.36. The first kappa shape index (κ1) is 16.8. The maximum absolute atomic E-state index is 11.9. The Morgan fingerprint density at radius 2 is 1.65 bits per heavy atom. The summed E-state index contributed by atoms with van der Waals surface area (Å²) in [4.78, 5) is 5.51. The minimum atomic E-state index is -3.10. The number of benzene rings is 1. The third kappa shape index (κ3) is 3.89. The second-order valence-electron chi connectivity index (χ2n) is 6.71. The van der Waals surface area contributed by atoms with Gasteiger partial charge < -0.3 is 4.90 Å². The van der Waals surface area contributed by atoms with Gasteiger partial charge in [0.05, 0.1) is 10.6 Å². The zero-order valence-electron chi connectivity index (χ0n) is 14.1. The van der Waals surface area contributed by atoms with Crippen molar-refractivity contribution in [2.24, 2.45) is 0 Å². The van der Waals surface area contributed by atoms with Crippen LogP contribution in [0.2, 0.25) is 0 Å². The Balaban J connectivity index is 1.65. The Morgan fingerprint density at radius 3 is 2.30 bits per heavy atom. The van der Waals surface area contributed by atoms with Crippen LogP contribution in [0.25, 0.3) is 0 Å². The average molecular weight is 337 g/mol. The molecule has 0 radical (unpaired) electrons. The Bertz CT molecular complexity index is 606. The van der Waals surface area contributed by atoms with E-state index in [9.17, 15) is 8.42 Å². The van der Waals surface area contributed by atoms with Gasteiger partial charge in [0.1, 0.15) is 0 Å². The van der Waals surface area contributed by atoms with E-state index in [1.54, 1.807) is 19.1 Å². The first-order valence-corrected chi connectivity index (χ1v) is 10.6. The van der Waals surface area contributed by atoms with Crippen molar-refractivity contribution in [1.82, 2.24) is 4.90 Å². The first-order chi connectivity index (χ1) is 11.1. The van der Waals surface area contributed by atoms with Crippen molar-refractivity contribution < 1.29 is 8.42 Å². The van der Waals surface area contributed by atoms with Crippen molar-refractivity contribution in [1.29, 1.82) is 0 Å². The lowest BCUT2D eigenvalue weighted by atomic mass is 10.2. The van der Waals surface area contributed by atoms with Gasteiger partial charge in [-0.05, 0) is 43.5 Å². The number of hydrogen-bond donors (Lipinski definition) is 0. The van der Waals surface area contributed by atoms with Gasteiger partial charge in [0.25, 0.3) is 0 Å². The Morgan fingerprint density at radius 1 is 0.957 bits per heavy atom. The topological polar surface area (TPSA) is 40.6 Å². The minimum Gasteiger partial charge on any atom is -0.370 e. The van der Waals surface area contributed by atoms with Crippen molar-refractivity contribution in [3.05, 3.63) is 24.3 Å². The van der Waals surface area contributed by atoms with E-state index in [0.29, 0.717) is 4.90 Å². The van der Waals surface area contributed by atoms with Gasteiger partial charge in [0.2, 0.25) is 0 Å². The number of rotatable bonds is 4. The molecule has 0 spiro atoms. The predicted molar refractivity (Wildman–Crippen MR) is 94.8 cm³/mol. The van der Waals surface area contributed by atoms with Crippen molar-refractivity contribution >= 4 is 15.5 Å². The maximum atomic E-state index is 11.9. The molecule has 23 heavy (non-hydrogen) atoms. The summed E-state index contributed by atoms with van der Waals surface area (Å²) >= 11 is 0. The molecule has 0 bridgehead atoms. The predicted octanol–water partition coefficient (Wildman–Crippen LogP) is 2.93. The van der Waals surface area contributed by atoms with E-state index in [2.05, 4.69) is 9.80 Å². The largest absolute Gasteiger partial charge is 0.370 e. The van der Waals surface area contributed by atoms with Crippen molar-refractivity contribution in [3.63, 3.8) is 0 Å². The summed E-state index contributed by atoms with van der Waals surface area (Å²) in [5.41, 5.74) is 1.15. The van der Waals surface area contributed by atoms with Crippen LogP contribution in [-0.2, 0) is 9.84 Å². The summed E-state index contributed by atoms with van der Waals surface area (Å²) in [5.74, 6) is 0.159. The average Bonchev–Trinajstić information content (AvgIpc) is 3.00. The highest BCUT2D eigenvalue weighted by Crippen LogP contribution is 2.26. The van der Waals surface area contributed by atoms with E-state index < -0.39 is 9.84 Å². The molecule has 1 aromatic carbocycles. The molecule has 128 valence electrons. The molecule has 1 saturated heterocycles. The normalized spacial score (nSPS) is 21.5. The van der Waals surface area contributed by atoms with E-state index in [-0.39, 0.29) is 5.75 Å². The lowest BCUT2D eigenvalue weighted by Gasteiger charge is -2.27. The van der Waals surface area contributed by atoms with Crippen LogP contribution in [0.1, 0.15) is 39.0 Å². The molecule has 1 heterocycles. The minimum absolute atomic E-state index is 0.159. The molecule has 3 rings (SSSR count). The van der Waals surface area contributed by atoms with Gasteiger partial charge in [-0.25, -0.2) is 8.42 Å². The van der Waals surface area contributed by atoms with Crippen molar-refractivity contribution in [2.75, 3.05) is 36.8 Å². The summed E-state index contributed by atoms with van der Waals surface area (Å²) in [6, 6.07) is 8.25. The molecule has 0 atom stereocenters. The van der Waals surface area contributed by atoms with E-state index in [0.717, 1.165) is 31.4 Å². The zero-order valence-corrected chi connectivity index (χ0v) is 14.9. The molecule has 0 N–H and O–H groups in total. The molecule has 0 amide bonds.